The number of nitrogens with two attached hydrogens (primary N) is 1. The normalized spacial score (nSPS) is 12.8. The lowest BCUT2D eigenvalue weighted by molar-refractivity contribution is 0.476. The molecule has 0 fully saturated rings. The van der Waals surface area contributed by atoms with Gasteiger partial charge >= 0.3 is 0 Å². The zero-order chi connectivity index (χ0) is 14.1. The van der Waals surface area contributed by atoms with E-state index in [0.717, 1.165) is 22.3 Å². The molecule has 0 saturated carbocycles. The topological polar surface area (TPSA) is 51.2 Å². The van der Waals surface area contributed by atoms with E-state index in [-0.39, 0.29) is 6.04 Å². The van der Waals surface area contributed by atoms with Crippen molar-refractivity contribution >= 4 is 22.6 Å². The van der Waals surface area contributed by atoms with Crippen LogP contribution in [0.15, 0.2) is 52.9 Å². The molecule has 0 saturated heterocycles. The van der Waals surface area contributed by atoms with Crippen molar-refractivity contribution in [2.24, 2.45) is 5.84 Å². The third-order valence-electron chi connectivity index (χ3n) is 3.47. The third-order valence-corrected chi connectivity index (χ3v) is 3.76. The van der Waals surface area contributed by atoms with E-state index in [0.29, 0.717) is 10.6 Å². The van der Waals surface area contributed by atoms with Crippen LogP contribution >= 0.6 is 11.6 Å². The molecule has 3 aromatic rings. The van der Waals surface area contributed by atoms with Crippen molar-refractivity contribution in [3.63, 3.8) is 0 Å². The van der Waals surface area contributed by atoms with Gasteiger partial charge in [-0.05, 0) is 30.2 Å². The van der Waals surface area contributed by atoms with Crippen LogP contribution in [0.5, 0.6) is 0 Å². The van der Waals surface area contributed by atoms with Crippen molar-refractivity contribution < 1.29 is 4.42 Å². The van der Waals surface area contributed by atoms with E-state index in [2.05, 4.69) is 18.4 Å². The largest absolute Gasteiger partial charge is 0.457 e. The molecule has 2 aromatic carbocycles. The van der Waals surface area contributed by atoms with Crippen molar-refractivity contribution in [1.82, 2.24) is 5.43 Å². The Morgan fingerprint density at radius 2 is 1.95 bits per heavy atom. The zero-order valence-corrected chi connectivity index (χ0v) is 11.8. The Morgan fingerprint density at radius 1 is 1.15 bits per heavy atom. The average Bonchev–Trinajstić information content (AvgIpc) is 2.87. The number of hydrogen-bond acceptors (Lipinski definition) is 3. The number of fused-ring (bicyclic) bond motifs is 1. The number of hydrogen-bond donors (Lipinski definition) is 2. The molecule has 3 N–H and O–H groups in total. The van der Waals surface area contributed by atoms with Crippen molar-refractivity contribution in [3.05, 3.63) is 70.4 Å². The van der Waals surface area contributed by atoms with E-state index in [1.165, 1.54) is 0 Å². The first-order valence-electron chi connectivity index (χ1n) is 6.40. The van der Waals surface area contributed by atoms with Gasteiger partial charge < -0.3 is 4.42 Å². The van der Waals surface area contributed by atoms with Crippen LogP contribution in [0.1, 0.15) is 22.9 Å². The first-order chi connectivity index (χ1) is 9.70. The maximum absolute atomic E-state index is 6.15. The fourth-order valence-electron chi connectivity index (χ4n) is 2.43. The standard InChI is InChI=1S/C16H15ClN2O/c1-10-5-2-3-7-12(10)15(19-18)14-9-11-6-4-8-13(17)16(11)20-14/h2-9,15,19H,18H2,1H3. The van der Waals surface area contributed by atoms with E-state index < -0.39 is 0 Å². The second kappa shape index (κ2) is 5.29. The maximum Gasteiger partial charge on any atom is 0.152 e. The van der Waals surface area contributed by atoms with Crippen molar-refractivity contribution in [2.45, 2.75) is 13.0 Å². The van der Waals surface area contributed by atoms with Crippen LogP contribution < -0.4 is 11.3 Å². The lowest BCUT2D eigenvalue weighted by Crippen LogP contribution is -2.29. The smallest absolute Gasteiger partial charge is 0.152 e. The van der Waals surface area contributed by atoms with E-state index in [4.69, 9.17) is 21.9 Å². The molecule has 0 spiro atoms. The van der Waals surface area contributed by atoms with Gasteiger partial charge in [-0.15, -0.1) is 0 Å². The SMILES string of the molecule is Cc1ccccc1C(NN)c1cc2cccc(Cl)c2o1. The van der Waals surface area contributed by atoms with Gasteiger partial charge in [0, 0.05) is 5.39 Å². The summed E-state index contributed by atoms with van der Waals surface area (Å²) < 4.78 is 5.89. The second-order valence-corrected chi connectivity index (χ2v) is 5.17. The minimum atomic E-state index is -0.195. The molecular formula is C16H15ClN2O. The quantitative estimate of drug-likeness (QED) is 0.566. The number of benzene rings is 2. The summed E-state index contributed by atoms with van der Waals surface area (Å²) in [4.78, 5) is 0. The van der Waals surface area contributed by atoms with Gasteiger partial charge in [-0.1, -0.05) is 48.0 Å². The number of para-hydroxylation sites is 1. The minimum Gasteiger partial charge on any atom is -0.457 e. The summed E-state index contributed by atoms with van der Waals surface area (Å²) >= 11 is 6.15. The highest BCUT2D eigenvalue weighted by Crippen LogP contribution is 2.32. The molecule has 1 atom stereocenters. The molecule has 0 aliphatic carbocycles. The lowest BCUT2D eigenvalue weighted by Gasteiger charge is -2.16. The summed E-state index contributed by atoms with van der Waals surface area (Å²) in [6, 6.07) is 15.5. The van der Waals surface area contributed by atoms with Gasteiger partial charge in [0.2, 0.25) is 0 Å². The van der Waals surface area contributed by atoms with Crippen LogP contribution in [0.4, 0.5) is 0 Å². The molecule has 102 valence electrons. The Hall–Kier alpha value is -1.81. The summed E-state index contributed by atoms with van der Waals surface area (Å²) in [6.07, 6.45) is 0. The zero-order valence-electron chi connectivity index (χ0n) is 11.1. The van der Waals surface area contributed by atoms with Gasteiger partial charge in [0.05, 0.1) is 5.02 Å². The van der Waals surface area contributed by atoms with Crippen LogP contribution in [0.2, 0.25) is 5.02 Å². The predicted molar refractivity (Wildman–Crippen MR) is 81.6 cm³/mol. The van der Waals surface area contributed by atoms with Gasteiger partial charge in [-0.25, -0.2) is 5.43 Å². The highest BCUT2D eigenvalue weighted by molar-refractivity contribution is 6.34. The molecule has 1 aromatic heterocycles. The van der Waals surface area contributed by atoms with Gasteiger partial charge in [0.15, 0.2) is 5.58 Å². The fraction of sp³-hybridized carbons (Fsp3) is 0.125. The van der Waals surface area contributed by atoms with E-state index in [1.54, 1.807) is 0 Å². The minimum absolute atomic E-state index is 0.195. The molecule has 0 amide bonds. The first kappa shape index (κ1) is 13.2. The van der Waals surface area contributed by atoms with E-state index in [1.807, 2.05) is 42.5 Å². The molecule has 3 rings (SSSR count). The molecule has 1 unspecified atom stereocenters. The van der Waals surface area contributed by atoms with Crippen molar-refractivity contribution in [1.29, 1.82) is 0 Å². The molecule has 4 heteroatoms. The second-order valence-electron chi connectivity index (χ2n) is 4.76. The van der Waals surface area contributed by atoms with Gasteiger partial charge in [0.1, 0.15) is 11.8 Å². The molecule has 0 aliphatic rings. The predicted octanol–water partition coefficient (Wildman–Crippen LogP) is 3.95. The summed E-state index contributed by atoms with van der Waals surface area (Å²) in [5, 5.41) is 1.58. The lowest BCUT2D eigenvalue weighted by atomic mass is 10.00. The molecule has 0 aliphatic heterocycles. The van der Waals surface area contributed by atoms with Gasteiger partial charge in [0.25, 0.3) is 0 Å². The summed E-state index contributed by atoms with van der Waals surface area (Å²) in [7, 11) is 0. The molecule has 0 radical (unpaired) electrons. The number of nitrogens with one attached hydrogen (secondary N) is 1. The summed E-state index contributed by atoms with van der Waals surface area (Å²) in [5.74, 6) is 6.48. The van der Waals surface area contributed by atoms with Crippen LogP contribution in [0, 0.1) is 6.92 Å². The third kappa shape index (κ3) is 2.20. The Bertz CT molecular complexity index is 751. The summed E-state index contributed by atoms with van der Waals surface area (Å²) in [5.41, 5.74) is 5.75. The number of rotatable bonds is 3. The maximum atomic E-state index is 6.15. The first-order valence-corrected chi connectivity index (χ1v) is 6.78. The van der Waals surface area contributed by atoms with Gasteiger partial charge in [-0.2, -0.15) is 0 Å². The molecule has 20 heavy (non-hydrogen) atoms. The number of halogens is 1. The number of furan rings is 1. The van der Waals surface area contributed by atoms with Crippen molar-refractivity contribution in [3.8, 4) is 0 Å². The van der Waals surface area contributed by atoms with Crippen LogP contribution in [-0.2, 0) is 0 Å². The molecule has 1 heterocycles. The van der Waals surface area contributed by atoms with Crippen LogP contribution in [0.25, 0.3) is 11.0 Å². The van der Waals surface area contributed by atoms with Crippen molar-refractivity contribution in [2.75, 3.05) is 0 Å². The molecule has 3 nitrogen and oxygen atoms in total. The number of aryl methyl sites for hydroxylation is 1. The summed E-state index contributed by atoms with van der Waals surface area (Å²) in [6.45, 7) is 2.05. The molecular weight excluding hydrogens is 272 g/mol. The highest BCUT2D eigenvalue weighted by Gasteiger charge is 2.19. The highest BCUT2D eigenvalue weighted by atomic mass is 35.5. The Kier molecular flexibility index (Phi) is 3.49. The van der Waals surface area contributed by atoms with Gasteiger partial charge in [-0.3, -0.25) is 5.84 Å². The van der Waals surface area contributed by atoms with Crippen LogP contribution in [-0.4, -0.2) is 0 Å². The van der Waals surface area contributed by atoms with Crippen LogP contribution in [0.3, 0.4) is 0 Å². The molecule has 0 bridgehead atoms. The number of hydrazine groups is 1. The monoisotopic (exact) mass is 286 g/mol. The Balaban J connectivity index is 2.12. The van der Waals surface area contributed by atoms with E-state index >= 15 is 0 Å². The average molecular weight is 287 g/mol. The van der Waals surface area contributed by atoms with E-state index in [9.17, 15) is 0 Å². The fourth-order valence-corrected chi connectivity index (χ4v) is 2.65. The Morgan fingerprint density at radius 3 is 2.65 bits per heavy atom. The Labute approximate surface area is 122 Å².